The molecule has 0 aromatic heterocycles. The van der Waals surface area contributed by atoms with E-state index < -0.39 is 7.12 Å². The van der Waals surface area contributed by atoms with Gasteiger partial charge in [0.05, 0.1) is 13.2 Å². The summed E-state index contributed by atoms with van der Waals surface area (Å²) in [4.78, 5) is 4.99. The van der Waals surface area contributed by atoms with Crippen LogP contribution in [0.3, 0.4) is 0 Å². The quantitative estimate of drug-likeness (QED) is 0.716. The number of hydrogen-bond acceptors (Lipinski definition) is 5. The topological polar surface area (TPSA) is 56.2 Å². The van der Waals surface area contributed by atoms with Gasteiger partial charge in [-0.15, -0.1) is 0 Å². The van der Waals surface area contributed by atoms with Gasteiger partial charge in [-0.3, -0.25) is 9.80 Å². The Morgan fingerprint density at radius 1 is 1.19 bits per heavy atom. The summed E-state index contributed by atoms with van der Waals surface area (Å²) in [6.07, 6.45) is 1.21. The molecule has 0 spiro atoms. The van der Waals surface area contributed by atoms with Crippen molar-refractivity contribution in [1.82, 2.24) is 9.80 Å². The third-order valence-electron chi connectivity index (χ3n) is 4.46. The van der Waals surface area contributed by atoms with Crippen molar-refractivity contribution in [2.75, 3.05) is 39.4 Å². The molecular weight excluding hydrogens is 267 g/mol. The molecule has 5 nitrogen and oxygen atoms in total. The fourth-order valence-electron chi connectivity index (χ4n) is 3.31. The molecule has 2 aliphatic rings. The zero-order valence-electron chi connectivity index (χ0n) is 12.3. The predicted molar refractivity (Wildman–Crippen MR) is 82.3 cm³/mol. The molecule has 0 radical (unpaired) electrons. The molecular formula is C15H23BN2O3. The molecule has 3 rings (SSSR count). The summed E-state index contributed by atoms with van der Waals surface area (Å²) < 4.78 is 5.41. The zero-order valence-corrected chi connectivity index (χ0v) is 12.3. The normalized spacial score (nSPS) is 24.4. The van der Waals surface area contributed by atoms with E-state index in [1.165, 1.54) is 6.42 Å². The molecule has 1 unspecified atom stereocenters. The first-order chi connectivity index (χ1) is 10.2. The highest BCUT2D eigenvalue weighted by molar-refractivity contribution is 6.58. The van der Waals surface area contributed by atoms with E-state index in [1.54, 1.807) is 6.07 Å². The molecule has 0 aliphatic carbocycles. The van der Waals surface area contributed by atoms with Gasteiger partial charge in [0.25, 0.3) is 0 Å². The Hall–Kier alpha value is -0.915. The molecule has 114 valence electrons. The van der Waals surface area contributed by atoms with Gasteiger partial charge in [-0.2, -0.15) is 0 Å². The van der Waals surface area contributed by atoms with Gasteiger partial charge in [0.15, 0.2) is 0 Å². The van der Waals surface area contributed by atoms with E-state index in [9.17, 15) is 10.0 Å². The average Bonchev–Trinajstić information content (AvgIpc) is 2.97. The van der Waals surface area contributed by atoms with Crippen LogP contribution in [0.5, 0.6) is 0 Å². The number of likely N-dealkylation sites (tertiary alicyclic amines) is 1. The van der Waals surface area contributed by atoms with E-state index in [0.29, 0.717) is 11.5 Å². The van der Waals surface area contributed by atoms with Crippen molar-refractivity contribution < 1.29 is 14.8 Å². The minimum absolute atomic E-state index is 0.566. The monoisotopic (exact) mass is 290 g/mol. The molecule has 21 heavy (non-hydrogen) atoms. The Balaban J connectivity index is 1.55. The fourth-order valence-corrected chi connectivity index (χ4v) is 3.31. The molecule has 0 amide bonds. The van der Waals surface area contributed by atoms with Gasteiger partial charge >= 0.3 is 7.12 Å². The number of hydrogen-bond donors (Lipinski definition) is 2. The van der Waals surface area contributed by atoms with Crippen LogP contribution in [-0.4, -0.2) is 72.4 Å². The maximum Gasteiger partial charge on any atom is 0.488 e. The Labute approximate surface area is 126 Å². The highest BCUT2D eigenvalue weighted by Gasteiger charge is 2.28. The average molecular weight is 290 g/mol. The van der Waals surface area contributed by atoms with Crippen LogP contribution in [0.2, 0.25) is 0 Å². The maximum atomic E-state index is 9.24. The summed E-state index contributed by atoms with van der Waals surface area (Å²) >= 11 is 0. The minimum atomic E-state index is -1.38. The van der Waals surface area contributed by atoms with Gasteiger partial charge in [0.2, 0.25) is 0 Å². The summed E-state index contributed by atoms with van der Waals surface area (Å²) in [6.45, 7) is 6.87. The summed E-state index contributed by atoms with van der Waals surface area (Å²) in [6, 6.07) is 8.20. The highest BCUT2D eigenvalue weighted by Crippen LogP contribution is 2.18. The van der Waals surface area contributed by atoms with Gasteiger partial charge < -0.3 is 14.8 Å². The first kappa shape index (κ1) is 15.0. The van der Waals surface area contributed by atoms with Crippen LogP contribution in [-0.2, 0) is 11.3 Å². The molecule has 2 heterocycles. The number of morpholine rings is 1. The largest absolute Gasteiger partial charge is 0.488 e. The van der Waals surface area contributed by atoms with Crippen molar-refractivity contribution in [3.05, 3.63) is 29.8 Å². The van der Waals surface area contributed by atoms with Gasteiger partial charge in [0, 0.05) is 38.8 Å². The van der Waals surface area contributed by atoms with E-state index in [4.69, 9.17) is 4.74 Å². The molecule has 0 saturated carbocycles. The summed E-state index contributed by atoms with van der Waals surface area (Å²) in [7, 11) is -1.38. The third kappa shape index (κ3) is 3.84. The molecule has 0 bridgehead atoms. The second-order valence-corrected chi connectivity index (χ2v) is 5.94. The lowest BCUT2D eigenvalue weighted by molar-refractivity contribution is 0.0184. The van der Waals surface area contributed by atoms with E-state index >= 15 is 0 Å². The number of benzene rings is 1. The fraction of sp³-hybridized carbons (Fsp3) is 0.600. The van der Waals surface area contributed by atoms with Crippen LogP contribution >= 0.6 is 0 Å². The van der Waals surface area contributed by atoms with Crippen LogP contribution in [0.1, 0.15) is 12.0 Å². The van der Waals surface area contributed by atoms with Crippen LogP contribution in [0.4, 0.5) is 0 Å². The maximum absolute atomic E-state index is 9.24. The van der Waals surface area contributed by atoms with Crippen molar-refractivity contribution in [1.29, 1.82) is 0 Å². The van der Waals surface area contributed by atoms with E-state index in [-0.39, 0.29) is 0 Å². The van der Waals surface area contributed by atoms with Gasteiger partial charge in [-0.1, -0.05) is 24.3 Å². The molecule has 2 fully saturated rings. The number of ether oxygens (including phenoxy) is 1. The molecule has 1 atom stereocenters. The van der Waals surface area contributed by atoms with Gasteiger partial charge in [-0.25, -0.2) is 0 Å². The molecule has 6 heteroatoms. The van der Waals surface area contributed by atoms with Gasteiger partial charge in [0.1, 0.15) is 0 Å². The molecule has 1 aromatic carbocycles. The van der Waals surface area contributed by atoms with Crippen LogP contribution in [0.15, 0.2) is 24.3 Å². The second kappa shape index (κ2) is 6.90. The highest BCUT2D eigenvalue weighted by atomic mass is 16.5. The van der Waals surface area contributed by atoms with Crippen LogP contribution in [0, 0.1) is 0 Å². The molecule has 2 N–H and O–H groups in total. The Morgan fingerprint density at radius 3 is 2.76 bits per heavy atom. The Kier molecular flexibility index (Phi) is 4.93. The lowest BCUT2D eigenvalue weighted by Gasteiger charge is -2.32. The lowest BCUT2D eigenvalue weighted by atomic mass is 9.79. The van der Waals surface area contributed by atoms with Crippen molar-refractivity contribution in [2.45, 2.75) is 19.0 Å². The summed E-state index contributed by atoms with van der Waals surface area (Å²) in [5, 5.41) is 18.5. The van der Waals surface area contributed by atoms with E-state index in [1.807, 2.05) is 18.2 Å². The molecule has 2 aliphatic heterocycles. The molecule has 2 saturated heterocycles. The van der Waals surface area contributed by atoms with Crippen molar-refractivity contribution in [3.63, 3.8) is 0 Å². The molecule has 1 aromatic rings. The number of rotatable bonds is 4. The lowest BCUT2D eigenvalue weighted by Crippen LogP contribution is -2.44. The summed E-state index contributed by atoms with van der Waals surface area (Å²) in [5.41, 5.74) is 1.71. The van der Waals surface area contributed by atoms with Crippen LogP contribution in [0.25, 0.3) is 0 Å². The first-order valence-electron chi connectivity index (χ1n) is 7.71. The third-order valence-corrected chi connectivity index (χ3v) is 4.46. The van der Waals surface area contributed by atoms with Crippen LogP contribution < -0.4 is 5.46 Å². The van der Waals surface area contributed by atoms with E-state index in [2.05, 4.69) is 9.80 Å². The SMILES string of the molecule is OB(O)c1cccc(CN2CCC(N3CCOCC3)C2)c1. The standard InChI is InChI=1S/C15H23BN2O3/c19-16(20)14-3-1-2-13(10-14)11-17-5-4-15(12-17)18-6-8-21-9-7-18/h1-3,10,15,19-20H,4-9,11-12H2. The van der Waals surface area contributed by atoms with Crippen molar-refractivity contribution in [3.8, 4) is 0 Å². The Bertz CT molecular complexity index is 466. The Morgan fingerprint density at radius 2 is 2.00 bits per heavy atom. The van der Waals surface area contributed by atoms with Crippen molar-refractivity contribution in [2.24, 2.45) is 0 Å². The number of nitrogens with zero attached hydrogens (tertiary/aromatic N) is 2. The smallest absolute Gasteiger partial charge is 0.423 e. The van der Waals surface area contributed by atoms with Crippen molar-refractivity contribution >= 4 is 12.6 Å². The van der Waals surface area contributed by atoms with E-state index in [0.717, 1.165) is 51.5 Å². The summed E-state index contributed by atoms with van der Waals surface area (Å²) in [5.74, 6) is 0. The van der Waals surface area contributed by atoms with Gasteiger partial charge in [-0.05, 0) is 17.4 Å². The first-order valence-corrected chi connectivity index (χ1v) is 7.71. The zero-order chi connectivity index (χ0) is 14.7. The minimum Gasteiger partial charge on any atom is -0.423 e. The second-order valence-electron chi connectivity index (χ2n) is 5.94. The predicted octanol–water partition coefficient (Wildman–Crippen LogP) is -0.727.